The largest absolute Gasteiger partial charge is 0.383 e. The maximum atomic E-state index is 11.5. The fourth-order valence-electron chi connectivity index (χ4n) is 3.71. The number of hydrogen-bond acceptors (Lipinski definition) is 2. The molecule has 0 radical (unpaired) electrons. The molecular weight excluding hydrogens is 258 g/mol. The molecule has 2 rings (SSSR count). The summed E-state index contributed by atoms with van der Waals surface area (Å²) in [5, 5.41) is 21.4. The van der Waals surface area contributed by atoms with Gasteiger partial charge < -0.3 is 5.11 Å². The van der Waals surface area contributed by atoms with Crippen molar-refractivity contribution in [2.45, 2.75) is 64.9 Å². The van der Waals surface area contributed by atoms with E-state index in [1.165, 1.54) is 0 Å². The molecule has 1 aliphatic rings. The first-order chi connectivity index (χ1) is 9.89. The number of benzene rings is 1. The van der Waals surface area contributed by atoms with Crippen LogP contribution in [0.15, 0.2) is 30.3 Å². The Morgan fingerprint density at radius 3 is 2.19 bits per heavy atom. The summed E-state index contributed by atoms with van der Waals surface area (Å²) in [5.74, 6) is 0. The molecular formula is C19H27NO. The van der Waals surface area contributed by atoms with Crippen LogP contribution in [0.25, 0.3) is 0 Å². The van der Waals surface area contributed by atoms with Crippen molar-refractivity contribution in [2.24, 2.45) is 10.8 Å². The van der Waals surface area contributed by atoms with Crippen molar-refractivity contribution in [3.8, 4) is 6.07 Å². The Morgan fingerprint density at radius 1 is 1.14 bits per heavy atom. The van der Waals surface area contributed by atoms with Gasteiger partial charge in [-0.25, -0.2) is 0 Å². The summed E-state index contributed by atoms with van der Waals surface area (Å²) in [6.45, 7) is 6.59. The molecule has 1 N–H and O–H groups in total. The van der Waals surface area contributed by atoms with Crippen molar-refractivity contribution >= 4 is 0 Å². The molecule has 1 aliphatic carbocycles. The van der Waals surface area contributed by atoms with Gasteiger partial charge in [-0.2, -0.15) is 5.26 Å². The van der Waals surface area contributed by atoms with Crippen molar-refractivity contribution in [3.05, 3.63) is 35.9 Å². The lowest BCUT2D eigenvalue weighted by molar-refractivity contribution is -0.0979. The molecule has 1 unspecified atom stereocenters. The minimum absolute atomic E-state index is 0.282. The quantitative estimate of drug-likeness (QED) is 0.864. The molecule has 1 aromatic rings. The number of nitrogens with zero attached hydrogens (tertiary/aromatic N) is 1. The molecule has 0 aromatic heterocycles. The van der Waals surface area contributed by atoms with Gasteiger partial charge in [0.05, 0.1) is 11.5 Å². The molecule has 0 saturated heterocycles. The minimum Gasteiger partial charge on any atom is -0.383 e. The second kappa shape index (κ2) is 5.81. The standard InChI is InChI=1S/C19H27NO/c1-4-10-19(21,16-8-6-5-7-9-16)18(15-20)13-11-17(2,3)12-14-18/h5-9,21H,4,10-14H2,1-3H3. The predicted octanol–water partition coefficient (Wildman–Crippen LogP) is 4.78. The molecule has 1 aromatic carbocycles. The minimum atomic E-state index is -1.03. The molecule has 0 heterocycles. The van der Waals surface area contributed by atoms with E-state index >= 15 is 0 Å². The van der Waals surface area contributed by atoms with E-state index in [2.05, 4.69) is 26.8 Å². The molecule has 114 valence electrons. The van der Waals surface area contributed by atoms with Crippen molar-refractivity contribution in [1.82, 2.24) is 0 Å². The third-order valence-electron chi connectivity index (χ3n) is 5.33. The molecule has 0 amide bonds. The highest BCUT2D eigenvalue weighted by Gasteiger charge is 2.53. The lowest BCUT2D eigenvalue weighted by Gasteiger charge is -2.49. The van der Waals surface area contributed by atoms with Crippen LogP contribution < -0.4 is 0 Å². The van der Waals surface area contributed by atoms with Gasteiger partial charge in [0, 0.05) is 0 Å². The van der Waals surface area contributed by atoms with E-state index in [1.807, 2.05) is 30.3 Å². The third kappa shape index (κ3) is 2.85. The van der Waals surface area contributed by atoms with Gasteiger partial charge in [0.25, 0.3) is 0 Å². The third-order valence-corrected chi connectivity index (χ3v) is 5.33. The first-order valence-corrected chi connectivity index (χ1v) is 8.08. The molecule has 0 bridgehead atoms. The molecule has 1 saturated carbocycles. The lowest BCUT2D eigenvalue weighted by atomic mass is 9.56. The van der Waals surface area contributed by atoms with Gasteiger partial charge >= 0.3 is 0 Å². The van der Waals surface area contributed by atoms with Crippen LogP contribution in [0.1, 0.15) is 64.9 Å². The van der Waals surface area contributed by atoms with Crippen LogP contribution in [0.2, 0.25) is 0 Å². The molecule has 2 nitrogen and oxygen atoms in total. The summed E-state index contributed by atoms with van der Waals surface area (Å²) in [7, 11) is 0. The van der Waals surface area contributed by atoms with Gasteiger partial charge in [-0.1, -0.05) is 57.5 Å². The maximum Gasteiger partial charge on any atom is 0.108 e. The van der Waals surface area contributed by atoms with Crippen molar-refractivity contribution in [3.63, 3.8) is 0 Å². The van der Waals surface area contributed by atoms with E-state index in [1.54, 1.807) is 0 Å². The molecule has 0 spiro atoms. The van der Waals surface area contributed by atoms with Crippen molar-refractivity contribution < 1.29 is 5.11 Å². The fraction of sp³-hybridized carbons (Fsp3) is 0.632. The van der Waals surface area contributed by atoms with Gasteiger partial charge in [0.15, 0.2) is 0 Å². The van der Waals surface area contributed by atoms with Gasteiger partial charge in [0.1, 0.15) is 5.60 Å². The Hall–Kier alpha value is -1.33. The van der Waals surface area contributed by atoms with E-state index in [0.717, 1.165) is 37.7 Å². The molecule has 0 aliphatic heterocycles. The first kappa shape index (κ1) is 16.0. The summed E-state index contributed by atoms with van der Waals surface area (Å²) >= 11 is 0. The Bertz CT molecular complexity index is 504. The summed E-state index contributed by atoms with van der Waals surface area (Å²) in [5.41, 5.74) is -0.508. The highest BCUT2D eigenvalue weighted by atomic mass is 16.3. The van der Waals surface area contributed by atoms with Gasteiger partial charge in [-0.3, -0.25) is 0 Å². The summed E-state index contributed by atoms with van der Waals surface area (Å²) < 4.78 is 0. The molecule has 1 fully saturated rings. The van der Waals surface area contributed by atoms with Crippen LogP contribution in [-0.4, -0.2) is 5.11 Å². The summed E-state index contributed by atoms with van der Waals surface area (Å²) in [6, 6.07) is 12.3. The zero-order valence-electron chi connectivity index (χ0n) is 13.5. The number of aliphatic hydroxyl groups is 1. The van der Waals surface area contributed by atoms with Crippen LogP contribution >= 0.6 is 0 Å². The predicted molar refractivity (Wildman–Crippen MR) is 85.5 cm³/mol. The second-order valence-corrected chi connectivity index (χ2v) is 7.33. The zero-order chi connectivity index (χ0) is 15.6. The smallest absolute Gasteiger partial charge is 0.108 e. The van der Waals surface area contributed by atoms with Crippen LogP contribution in [0.4, 0.5) is 0 Å². The Morgan fingerprint density at radius 2 is 1.71 bits per heavy atom. The zero-order valence-corrected chi connectivity index (χ0v) is 13.5. The van der Waals surface area contributed by atoms with E-state index < -0.39 is 11.0 Å². The monoisotopic (exact) mass is 285 g/mol. The number of hydrogen-bond donors (Lipinski definition) is 1. The van der Waals surface area contributed by atoms with Gasteiger partial charge in [-0.15, -0.1) is 0 Å². The van der Waals surface area contributed by atoms with Crippen LogP contribution in [0, 0.1) is 22.2 Å². The maximum absolute atomic E-state index is 11.5. The Balaban J connectivity index is 2.43. The van der Waals surface area contributed by atoms with E-state index in [9.17, 15) is 10.4 Å². The topological polar surface area (TPSA) is 44.0 Å². The van der Waals surface area contributed by atoms with Crippen LogP contribution in [0.5, 0.6) is 0 Å². The molecule has 1 atom stereocenters. The van der Waals surface area contributed by atoms with Crippen LogP contribution in [-0.2, 0) is 5.60 Å². The Kier molecular flexibility index (Phi) is 4.44. The summed E-state index contributed by atoms with van der Waals surface area (Å²) in [4.78, 5) is 0. The fourth-order valence-corrected chi connectivity index (χ4v) is 3.71. The van der Waals surface area contributed by atoms with E-state index in [4.69, 9.17) is 0 Å². The first-order valence-electron chi connectivity index (χ1n) is 8.08. The normalized spacial score (nSPS) is 23.0. The second-order valence-electron chi connectivity index (χ2n) is 7.33. The van der Waals surface area contributed by atoms with E-state index in [-0.39, 0.29) is 5.41 Å². The average molecular weight is 285 g/mol. The van der Waals surface area contributed by atoms with E-state index in [0.29, 0.717) is 6.42 Å². The van der Waals surface area contributed by atoms with Gasteiger partial charge in [-0.05, 0) is 43.1 Å². The molecule has 21 heavy (non-hydrogen) atoms. The van der Waals surface area contributed by atoms with Crippen molar-refractivity contribution in [1.29, 1.82) is 5.26 Å². The lowest BCUT2D eigenvalue weighted by Crippen LogP contribution is -2.48. The molecule has 2 heteroatoms. The number of rotatable bonds is 4. The highest BCUT2D eigenvalue weighted by molar-refractivity contribution is 5.29. The summed E-state index contributed by atoms with van der Waals surface area (Å²) in [6.07, 6.45) is 5.08. The van der Waals surface area contributed by atoms with Gasteiger partial charge in [0.2, 0.25) is 0 Å². The SMILES string of the molecule is CCCC(O)(c1ccccc1)C1(C#N)CCC(C)(C)CC1. The van der Waals surface area contributed by atoms with Crippen molar-refractivity contribution in [2.75, 3.05) is 0 Å². The average Bonchev–Trinajstić information content (AvgIpc) is 2.49. The van der Waals surface area contributed by atoms with Crippen LogP contribution in [0.3, 0.4) is 0 Å². The number of nitriles is 1. The highest BCUT2D eigenvalue weighted by Crippen LogP contribution is 2.55. The Labute approximate surface area is 128 Å².